The van der Waals surface area contributed by atoms with Gasteiger partial charge in [0.15, 0.2) is 6.10 Å². The van der Waals surface area contributed by atoms with Crippen molar-refractivity contribution < 1.29 is 24.4 Å². The number of hydrogen-bond donors (Lipinski definition) is 3. The maximum atomic E-state index is 12.5. The number of aliphatic hydroxyl groups is 1. The lowest BCUT2D eigenvalue weighted by molar-refractivity contribution is -0.384. The summed E-state index contributed by atoms with van der Waals surface area (Å²) in [5.74, 6) is -1.59. The minimum atomic E-state index is -1.22. The van der Waals surface area contributed by atoms with Crippen molar-refractivity contribution in [2.45, 2.75) is 13.0 Å². The highest BCUT2D eigenvalue weighted by Gasteiger charge is 2.23. The molecule has 0 unspecified atom stereocenters. The summed E-state index contributed by atoms with van der Waals surface area (Å²) in [5, 5.41) is 25.8. The number of anilines is 2. The van der Waals surface area contributed by atoms with Gasteiger partial charge in [0.2, 0.25) is 0 Å². The van der Waals surface area contributed by atoms with E-state index in [-0.39, 0.29) is 30.1 Å². The maximum absolute atomic E-state index is 12.5. The van der Waals surface area contributed by atoms with E-state index in [9.17, 15) is 19.7 Å². The number of halogens is 2. The van der Waals surface area contributed by atoms with E-state index < -0.39 is 22.9 Å². The molecule has 11 heteroatoms. The Hall–Kier alpha value is -2.88. The van der Waals surface area contributed by atoms with E-state index in [4.69, 9.17) is 33.0 Å². The summed E-state index contributed by atoms with van der Waals surface area (Å²) in [5.41, 5.74) is 0.0789. The van der Waals surface area contributed by atoms with Crippen molar-refractivity contribution in [1.29, 1.82) is 0 Å². The van der Waals surface area contributed by atoms with Gasteiger partial charge in [-0.05, 0) is 31.2 Å². The number of nitrogens with zero attached hydrogens (tertiary/aromatic N) is 1. The molecule has 0 fully saturated rings. The van der Waals surface area contributed by atoms with Crippen LogP contribution in [0.5, 0.6) is 0 Å². The van der Waals surface area contributed by atoms with Crippen LogP contribution in [0, 0.1) is 10.1 Å². The largest absolute Gasteiger partial charge is 0.449 e. The molecule has 3 N–H and O–H groups in total. The average Bonchev–Trinajstić information content (AvgIpc) is 2.65. The van der Waals surface area contributed by atoms with E-state index in [0.29, 0.717) is 15.7 Å². The van der Waals surface area contributed by atoms with Gasteiger partial charge in [-0.3, -0.25) is 14.9 Å². The van der Waals surface area contributed by atoms with Gasteiger partial charge in [-0.1, -0.05) is 23.2 Å². The Balaban J connectivity index is 2.15. The number of ether oxygens (including phenoxy) is 1. The van der Waals surface area contributed by atoms with Crippen LogP contribution in [-0.2, 0) is 9.53 Å². The number of amides is 1. The number of esters is 1. The molecule has 2 rings (SSSR count). The summed E-state index contributed by atoms with van der Waals surface area (Å²) in [6.45, 7) is 1.24. The number of non-ortho nitro benzene ring substituents is 1. The lowest BCUT2D eigenvalue weighted by Crippen LogP contribution is -2.30. The van der Waals surface area contributed by atoms with Crippen LogP contribution in [0.25, 0.3) is 0 Å². The molecule has 0 aliphatic carbocycles. The minimum absolute atomic E-state index is 0.115. The molecular formula is C18H17Cl2N3O6. The van der Waals surface area contributed by atoms with E-state index in [1.54, 1.807) is 0 Å². The summed E-state index contributed by atoms with van der Waals surface area (Å²) in [6.07, 6.45) is -1.22. The summed E-state index contributed by atoms with van der Waals surface area (Å²) in [6, 6.07) is 7.99. The van der Waals surface area contributed by atoms with Crippen molar-refractivity contribution >= 4 is 52.1 Å². The van der Waals surface area contributed by atoms with Gasteiger partial charge in [0.05, 0.1) is 17.1 Å². The number of nitrogens with one attached hydrogen (secondary N) is 2. The van der Waals surface area contributed by atoms with Gasteiger partial charge in [-0.25, -0.2) is 4.79 Å². The Morgan fingerprint density at radius 2 is 1.86 bits per heavy atom. The SMILES string of the molecule is C[C@@H](OC(=O)c1cc([N+](=O)[O-])ccc1NCCO)C(=O)Nc1cc(Cl)cc(Cl)c1. The number of rotatable bonds is 8. The van der Waals surface area contributed by atoms with Crippen molar-refractivity contribution in [1.82, 2.24) is 0 Å². The van der Waals surface area contributed by atoms with Crippen molar-refractivity contribution in [3.63, 3.8) is 0 Å². The number of carbonyl (C=O) groups excluding carboxylic acids is 2. The molecule has 0 radical (unpaired) electrons. The van der Waals surface area contributed by atoms with E-state index in [1.807, 2.05) is 0 Å². The molecule has 9 nitrogen and oxygen atoms in total. The van der Waals surface area contributed by atoms with Gasteiger partial charge in [0.25, 0.3) is 11.6 Å². The average molecular weight is 442 g/mol. The molecule has 0 aliphatic rings. The summed E-state index contributed by atoms with van der Waals surface area (Å²) in [4.78, 5) is 35.1. The van der Waals surface area contributed by atoms with Crippen molar-refractivity contribution in [3.05, 3.63) is 62.1 Å². The number of hydrogen-bond acceptors (Lipinski definition) is 7. The van der Waals surface area contributed by atoms with Crippen LogP contribution in [-0.4, -0.2) is 41.2 Å². The molecule has 0 aliphatic heterocycles. The van der Waals surface area contributed by atoms with Gasteiger partial charge in [-0.2, -0.15) is 0 Å². The van der Waals surface area contributed by atoms with Crippen LogP contribution < -0.4 is 10.6 Å². The quantitative estimate of drug-likeness (QED) is 0.324. The monoisotopic (exact) mass is 441 g/mol. The molecule has 0 heterocycles. The Morgan fingerprint density at radius 3 is 2.45 bits per heavy atom. The van der Waals surface area contributed by atoms with Crippen LogP contribution in [0.15, 0.2) is 36.4 Å². The van der Waals surface area contributed by atoms with Crippen LogP contribution in [0.3, 0.4) is 0 Å². The van der Waals surface area contributed by atoms with Crippen LogP contribution in [0.1, 0.15) is 17.3 Å². The summed E-state index contributed by atoms with van der Waals surface area (Å²) >= 11 is 11.8. The number of aliphatic hydroxyl groups excluding tert-OH is 1. The van der Waals surface area contributed by atoms with E-state index in [1.165, 1.54) is 37.3 Å². The van der Waals surface area contributed by atoms with Crippen molar-refractivity contribution in [3.8, 4) is 0 Å². The van der Waals surface area contributed by atoms with Crippen LogP contribution in [0.2, 0.25) is 10.0 Å². The molecule has 0 bridgehead atoms. The van der Waals surface area contributed by atoms with Crippen molar-refractivity contribution in [2.24, 2.45) is 0 Å². The fourth-order valence-corrected chi connectivity index (χ4v) is 2.83. The third-order valence-corrected chi connectivity index (χ3v) is 4.08. The van der Waals surface area contributed by atoms with Gasteiger partial charge >= 0.3 is 5.97 Å². The standard InChI is InChI=1S/C18H17Cl2N3O6/c1-10(17(25)22-13-7-11(19)6-12(20)8-13)29-18(26)15-9-14(23(27)28)2-3-16(15)21-4-5-24/h2-3,6-10,21,24H,4-5H2,1H3,(H,22,25)/t10-/m1/s1. The first-order valence-electron chi connectivity index (χ1n) is 8.32. The number of nitro benzene ring substituents is 1. The first kappa shape index (κ1) is 22.4. The molecule has 2 aromatic rings. The van der Waals surface area contributed by atoms with Gasteiger partial charge in [-0.15, -0.1) is 0 Å². The molecule has 1 amide bonds. The molecule has 0 spiro atoms. The molecule has 29 heavy (non-hydrogen) atoms. The number of carbonyl (C=O) groups is 2. The topological polar surface area (TPSA) is 131 Å². The maximum Gasteiger partial charge on any atom is 0.341 e. The molecule has 2 aromatic carbocycles. The molecular weight excluding hydrogens is 425 g/mol. The normalized spacial score (nSPS) is 11.4. The Bertz CT molecular complexity index is 918. The zero-order chi connectivity index (χ0) is 21.6. The summed E-state index contributed by atoms with van der Waals surface area (Å²) in [7, 11) is 0. The second-order valence-electron chi connectivity index (χ2n) is 5.83. The number of nitro groups is 1. The predicted octanol–water partition coefficient (Wildman–Crippen LogP) is 3.49. The van der Waals surface area contributed by atoms with E-state index >= 15 is 0 Å². The molecule has 154 valence electrons. The third-order valence-electron chi connectivity index (χ3n) is 3.64. The fourth-order valence-electron chi connectivity index (χ4n) is 2.31. The third kappa shape index (κ3) is 6.31. The lowest BCUT2D eigenvalue weighted by atomic mass is 10.1. The molecule has 0 saturated heterocycles. The zero-order valence-electron chi connectivity index (χ0n) is 15.1. The van der Waals surface area contributed by atoms with Gasteiger partial charge in [0.1, 0.15) is 0 Å². The van der Waals surface area contributed by atoms with Gasteiger partial charge < -0.3 is 20.5 Å². The lowest BCUT2D eigenvalue weighted by Gasteiger charge is -2.16. The second-order valence-corrected chi connectivity index (χ2v) is 6.71. The first-order valence-corrected chi connectivity index (χ1v) is 9.08. The highest BCUT2D eigenvalue weighted by molar-refractivity contribution is 6.35. The fraction of sp³-hybridized carbons (Fsp3) is 0.222. The highest BCUT2D eigenvalue weighted by atomic mass is 35.5. The minimum Gasteiger partial charge on any atom is -0.449 e. The molecule has 0 saturated carbocycles. The Morgan fingerprint density at radius 1 is 1.21 bits per heavy atom. The van der Waals surface area contributed by atoms with E-state index in [2.05, 4.69) is 10.6 Å². The van der Waals surface area contributed by atoms with Crippen molar-refractivity contribution in [2.75, 3.05) is 23.8 Å². The second kappa shape index (κ2) is 10.1. The van der Waals surface area contributed by atoms with Crippen LogP contribution in [0.4, 0.5) is 17.1 Å². The van der Waals surface area contributed by atoms with Gasteiger partial charge in [0, 0.05) is 40.1 Å². The number of benzene rings is 2. The summed E-state index contributed by atoms with van der Waals surface area (Å²) < 4.78 is 5.14. The van der Waals surface area contributed by atoms with E-state index in [0.717, 1.165) is 6.07 Å². The Labute approximate surface area is 175 Å². The first-order chi connectivity index (χ1) is 13.7. The molecule has 1 atom stereocenters. The Kier molecular flexibility index (Phi) is 7.77. The highest BCUT2D eigenvalue weighted by Crippen LogP contribution is 2.25. The smallest absolute Gasteiger partial charge is 0.341 e. The molecule has 0 aromatic heterocycles. The predicted molar refractivity (Wildman–Crippen MR) is 109 cm³/mol. The van der Waals surface area contributed by atoms with Crippen LogP contribution >= 0.6 is 23.2 Å². The zero-order valence-corrected chi connectivity index (χ0v) is 16.7.